The van der Waals surface area contributed by atoms with E-state index in [0.29, 0.717) is 5.69 Å². The molecule has 0 saturated heterocycles. The maximum atomic E-state index is 11.7. The first-order valence-electron chi connectivity index (χ1n) is 11.8. The van der Waals surface area contributed by atoms with Gasteiger partial charge in [-0.2, -0.15) is 5.10 Å². The number of fused-ring (bicyclic) bond motifs is 1. The Labute approximate surface area is 205 Å². The maximum Gasteiger partial charge on any atom is 0.223 e. The molecule has 5 rings (SSSR count). The second kappa shape index (κ2) is 9.18. The number of carbonyl (C=O) groups excluding carboxylic acids is 1. The van der Waals surface area contributed by atoms with Gasteiger partial charge in [-0.05, 0) is 28.7 Å². The van der Waals surface area contributed by atoms with Crippen molar-refractivity contribution in [3.63, 3.8) is 0 Å². The molecule has 35 heavy (non-hydrogen) atoms. The molecular formula is C30H28N4O. The molecule has 0 saturated carbocycles. The zero-order valence-corrected chi connectivity index (χ0v) is 19.9. The van der Waals surface area contributed by atoms with Gasteiger partial charge in [0.15, 0.2) is 0 Å². The van der Waals surface area contributed by atoms with E-state index in [0.717, 1.165) is 33.3 Å². The molecule has 5 nitrogen and oxygen atoms in total. The molecule has 0 aliphatic carbocycles. The summed E-state index contributed by atoms with van der Waals surface area (Å²) in [6.07, 6.45) is 1.91. The fourth-order valence-corrected chi connectivity index (χ4v) is 4.94. The van der Waals surface area contributed by atoms with Crippen molar-refractivity contribution >= 4 is 16.8 Å². The summed E-state index contributed by atoms with van der Waals surface area (Å²) >= 11 is 0. The van der Waals surface area contributed by atoms with Crippen LogP contribution in [-0.4, -0.2) is 20.7 Å². The first-order chi connectivity index (χ1) is 17.0. The number of nitrogens with two attached hydrogens (primary N) is 1. The van der Waals surface area contributed by atoms with Crippen LogP contribution in [0.4, 0.5) is 0 Å². The lowest BCUT2D eigenvalue weighted by Gasteiger charge is -2.37. The average molecular weight is 461 g/mol. The highest BCUT2D eigenvalue weighted by atomic mass is 16.1. The quantitative estimate of drug-likeness (QED) is 0.330. The van der Waals surface area contributed by atoms with Crippen LogP contribution in [0.3, 0.4) is 0 Å². The number of carbonyl (C=O) groups is 1. The van der Waals surface area contributed by atoms with Crippen molar-refractivity contribution in [2.45, 2.75) is 31.7 Å². The van der Waals surface area contributed by atoms with Crippen LogP contribution in [0.5, 0.6) is 0 Å². The highest BCUT2D eigenvalue weighted by molar-refractivity contribution is 5.84. The van der Waals surface area contributed by atoms with Crippen LogP contribution in [0.25, 0.3) is 10.9 Å². The monoisotopic (exact) mass is 460 g/mol. The molecule has 0 aliphatic rings. The number of pyridine rings is 1. The summed E-state index contributed by atoms with van der Waals surface area (Å²) in [4.78, 5) is 16.3. The van der Waals surface area contributed by atoms with Crippen LogP contribution in [0.2, 0.25) is 0 Å². The van der Waals surface area contributed by atoms with Gasteiger partial charge in [0.25, 0.3) is 0 Å². The summed E-state index contributed by atoms with van der Waals surface area (Å²) in [5, 5.41) is 6.24. The molecular weight excluding hydrogens is 432 g/mol. The molecule has 2 N–H and O–H groups in total. The Kier molecular flexibility index (Phi) is 5.91. The van der Waals surface area contributed by atoms with Crippen LogP contribution in [0.1, 0.15) is 47.8 Å². The molecule has 2 aromatic heterocycles. The molecule has 0 bridgehead atoms. The van der Waals surface area contributed by atoms with Crippen LogP contribution in [0, 0.1) is 0 Å². The SMILES string of the molecule is CC(C)c1nn(C(c2ccccc2)(c2ccccc2)c2ccccc2)c2cc(CC(N)=O)ncc12. The molecule has 1 amide bonds. The van der Waals surface area contributed by atoms with E-state index in [1.165, 1.54) is 0 Å². The minimum absolute atomic E-state index is 0.0765. The van der Waals surface area contributed by atoms with Gasteiger partial charge in [0.2, 0.25) is 5.91 Å². The van der Waals surface area contributed by atoms with Gasteiger partial charge in [0.1, 0.15) is 5.54 Å². The number of nitrogens with zero attached hydrogens (tertiary/aromatic N) is 3. The Morgan fingerprint density at radius 1 is 0.857 bits per heavy atom. The molecule has 174 valence electrons. The van der Waals surface area contributed by atoms with Crippen molar-refractivity contribution in [3.8, 4) is 0 Å². The Hall–Kier alpha value is -4.25. The summed E-state index contributed by atoms with van der Waals surface area (Å²) < 4.78 is 2.11. The zero-order valence-electron chi connectivity index (χ0n) is 19.9. The fraction of sp³-hybridized carbons (Fsp3) is 0.167. The van der Waals surface area contributed by atoms with Gasteiger partial charge in [-0.3, -0.25) is 9.78 Å². The van der Waals surface area contributed by atoms with E-state index in [1.807, 2.05) is 30.5 Å². The van der Waals surface area contributed by atoms with Gasteiger partial charge in [-0.1, -0.05) is 105 Å². The lowest BCUT2D eigenvalue weighted by atomic mass is 9.77. The zero-order chi connectivity index (χ0) is 24.4. The first-order valence-corrected chi connectivity index (χ1v) is 11.8. The van der Waals surface area contributed by atoms with Crippen LogP contribution >= 0.6 is 0 Å². The van der Waals surface area contributed by atoms with Crippen LogP contribution in [0.15, 0.2) is 103 Å². The molecule has 3 aromatic carbocycles. The standard InChI is InChI=1S/C30H28N4O/c1-21(2)29-26-20-32-25(19-28(31)35)18-27(26)34(33-29)30(22-12-6-3-7-13-22,23-14-8-4-9-15-23)24-16-10-5-11-17-24/h3-18,20-21H,19H2,1-2H3,(H2,31,35). The molecule has 0 fully saturated rings. The van der Waals surface area contributed by atoms with Crippen molar-refractivity contribution in [1.29, 1.82) is 0 Å². The van der Waals surface area contributed by atoms with Gasteiger partial charge in [-0.25, -0.2) is 4.68 Å². The van der Waals surface area contributed by atoms with Crippen LogP contribution in [-0.2, 0) is 16.8 Å². The predicted molar refractivity (Wildman–Crippen MR) is 139 cm³/mol. The lowest BCUT2D eigenvalue weighted by molar-refractivity contribution is -0.117. The van der Waals surface area contributed by atoms with Crippen molar-refractivity contribution in [2.24, 2.45) is 5.73 Å². The highest BCUT2D eigenvalue weighted by Gasteiger charge is 2.41. The third kappa shape index (κ3) is 3.89. The second-order valence-electron chi connectivity index (χ2n) is 9.10. The molecule has 2 heterocycles. The van der Waals surface area contributed by atoms with Crippen molar-refractivity contribution in [1.82, 2.24) is 14.8 Å². The number of aromatic nitrogens is 3. The summed E-state index contributed by atoms with van der Waals surface area (Å²) in [7, 11) is 0. The van der Waals surface area contributed by atoms with Gasteiger partial charge in [-0.15, -0.1) is 0 Å². The van der Waals surface area contributed by atoms with E-state index in [-0.39, 0.29) is 12.3 Å². The van der Waals surface area contributed by atoms with E-state index in [2.05, 4.69) is 96.3 Å². The van der Waals surface area contributed by atoms with E-state index in [4.69, 9.17) is 10.8 Å². The Balaban J connectivity index is 1.96. The summed E-state index contributed by atoms with van der Waals surface area (Å²) in [6.45, 7) is 4.28. The molecule has 5 aromatic rings. The summed E-state index contributed by atoms with van der Waals surface area (Å²) in [5.74, 6) is -0.227. The Bertz CT molecular complexity index is 1360. The largest absolute Gasteiger partial charge is 0.369 e. The fourth-order valence-electron chi connectivity index (χ4n) is 4.94. The number of amides is 1. The topological polar surface area (TPSA) is 73.8 Å². The average Bonchev–Trinajstić information content (AvgIpc) is 3.26. The van der Waals surface area contributed by atoms with Gasteiger partial charge < -0.3 is 5.73 Å². The van der Waals surface area contributed by atoms with E-state index >= 15 is 0 Å². The van der Waals surface area contributed by atoms with Gasteiger partial charge in [0, 0.05) is 11.6 Å². The van der Waals surface area contributed by atoms with Crippen molar-refractivity contribution < 1.29 is 4.79 Å². The Morgan fingerprint density at radius 2 is 1.34 bits per heavy atom. The maximum absolute atomic E-state index is 11.7. The normalized spacial score (nSPS) is 11.7. The molecule has 0 radical (unpaired) electrons. The van der Waals surface area contributed by atoms with Crippen LogP contribution < -0.4 is 5.73 Å². The Morgan fingerprint density at radius 3 is 1.77 bits per heavy atom. The van der Waals surface area contributed by atoms with E-state index in [9.17, 15) is 4.79 Å². The number of hydrogen-bond acceptors (Lipinski definition) is 3. The highest BCUT2D eigenvalue weighted by Crippen LogP contribution is 2.43. The summed E-state index contributed by atoms with van der Waals surface area (Å²) in [5.41, 5.74) is 10.5. The number of benzene rings is 3. The molecule has 0 spiro atoms. The minimum atomic E-state index is -0.749. The lowest BCUT2D eigenvalue weighted by Crippen LogP contribution is -2.38. The number of rotatable bonds is 7. The van der Waals surface area contributed by atoms with Crippen molar-refractivity contribution in [2.75, 3.05) is 0 Å². The predicted octanol–water partition coefficient (Wildman–Crippen LogP) is 5.42. The number of primary amides is 1. The number of hydrogen-bond donors (Lipinski definition) is 1. The third-order valence-corrected chi connectivity index (χ3v) is 6.45. The third-order valence-electron chi connectivity index (χ3n) is 6.45. The second-order valence-corrected chi connectivity index (χ2v) is 9.10. The van der Waals surface area contributed by atoms with E-state index < -0.39 is 11.4 Å². The van der Waals surface area contributed by atoms with E-state index in [1.54, 1.807) is 0 Å². The summed E-state index contributed by atoms with van der Waals surface area (Å²) in [6, 6.07) is 33.3. The smallest absolute Gasteiger partial charge is 0.223 e. The van der Waals surface area contributed by atoms with Crippen molar-refractivity contribution in [3.05, 3.63) is 131 Å². The molecule has 0 atom stereocenters. The minimum Gasteiger partial charge on any atom is -0.369 e. The first kappa shape index (κ1) is 22.5. The van der Waals surface area contributed by atoms with Gasteiger partial charge in [0.05, 0.1) is 23.3 Å². The van der Waals surface area contributed by atoms with Gasteiger partial charge >= 0.3 is 0 Å². The molecule has 0 unspecified atom stereocenters. The molecule has 5 heteroatoms. The molecule has 0 aliphatic heterocycles.